The lowest BCUT2D eigenvalue weighted by atomic mass is 9.68. The molecule has 1 aliphatic rings. The molecule has 128 valence electrons. The van der Waals surface area contributed by atoms with Crippen molar-refractivity contribution in [1.82, 2.24) is 4.90 Å². The smallest absolute Gasteiger partial charge is 0.226 e. The van der Waals surface area contributed by atoms with Gasteiger partial charge in [-0.1, -0.05) is 63.9 Å². The molecule has 0 N–H and O–H groups in total. The van der Waals surface area contributed by atoms with Gasteiger partial charge in [0, 0.05) is 18.5 Å². The number of hydrogen-bond acceptors (Lipinski definition) is 1. The van der Waals surface area contributed by atoms with E-state index in [1.54, 1.807) is 0 Å². The second-order valence-corrected chi connectivity index (χ2v) is 8.18. The fraction of sp³-hybridized carbons (Fsp3) is 0.667. The number of amides is 1. The summed E-state index contributed by atoms with van der Waals surface area (Å²) in [6.07, 6.45) is 4.68. The quantitative estimate of drug-likeness (QED) is 0.727. The van der Waals surface area contributed by atoms with E-state index in [4.69, 9.17) is 0 Å². The Morgan fingerprint density at radius 3 is 2.39 bits per heavy atom. The second-order valence-electron chi connectivity index (χ2n) is 8.18. The molecular weight excluding hydrogens is 282 g/mol. The van der Waals surface area contributed by atoms with E-state index in [1.165, 1.54) is 24.8 Å². The molecule has 0 heterocycles. The van der Waals surface area contributed by atoms with E-state index in [0.717, 1.165) is 13.0 Å². The van der Waals surface area contributed by atoms with Gasteiger partial charge in [-0.2, -0.15) is 0 Å². The highest BCUT2D eigenvalue weighted by atomic mass is 16.2. The standard InChI is InChI=1S/C21H33NO/c1-16(2)22(15-17(3)18-11-7-6-8-12-18)20(23)19-13-9-10-14-21(19,4)5/h6-8,11-12,16-17,19H,9-10,13-15H2,1-5H3. The first-order chi connectivity index (χ1) is 10.8. The number of nitrogens with zero attached hydrogens (tertiary/aromatic N) is 1. The Morgan fingerprint density at radius 1 is 1.17 bits per heavy atom. The minimum Gasteiger partial charge on any atom is -0.339 e. The average Bonchev–Trinajstić information content (AvgIpc) is 2.52. The molecule has 2 unspecified atom stereocenters. The Balaban J connectivity index is 2.13. The highest BCUT2D eigenvalue weighted by Gasteiger charge is 2.39. The maximum absolute atomic E-state index is 13.2. The van der Waals surface area contributed by atoms with Gasteiger partial charge >= 0.3 is 0 Å². The van der Waals surface area contributed by atoms with E-state index in [9.17, 15) is 4.79 Å². The third-order valence-electron chi connectivity index (χ3n) is 5.55. The van der Waals surface area contributed by atoms with Crippen LogP contribution in [0.15, 0.2) is 30.3 Å². The van der Waals surface area contributed by atoms with Crippen LogP contribution in [0.3, 0.4) is 0 Å². The predicted octanol–water partition coefficient (Wildman–Crippen LogP) is 5.24. The van der Waals surface area contributed by atoms with Crippen molar-refractivity contribution >= 4 is 5.91 Å². The molecule has 1 amide bonds. The van der Waals surface area contributed by atoms with Crippen LogP contribution in [-0.2, 0) is 4.79 Å². The minimum atomic E-state index is 0.137. The highest BCUT2D eigenvalue weighted by Crippen LogP contribution is 2.41. The molecule has 0 spiro atoms. The second kappa shape index (κ2) is 7.51. The maximum atomic E-state index is 13.2. The largest absolute Gasteiger partial charge is 0.339 e. The van der Waals surface area contributed by atoms with E-state index in [0.29, 0.717) is 11.8 Å². The SMILES string of the molecule is CC(CN(C(=O)C1CCCCC1(C)C)C(C)C)c1ccccc1. The van der Waals surface area contributed by atoms with E-state index >= 15 is 0 Å². The lowest BCUT2D eigenvalue weighted by molar-refractivity contribution is -0.143. The molecule has 0 radical (unpaired) electrons. The average molecular weight is 316 g/mol. The molecule has 23 heavy (non-hydrogen) atoms. The van der Waals surface area contributed by atoms with Gasteiger partial charge in [-0.3, -0.25) is 4.79 Å². The number of rotatable bonds is 5. The summed E-state index contributed by atoms with van der Waals surface area (Å²) < 4.78 is 0. The van der Waals surface area contributed by atoms with Gasteiger partial charge in [0.2, 0.25) is 5.91 Å². The topological polar surface area (TPSA) is 20.3 Å². The number of hydrogen-bond donors (Lipinski definition) is 0. The molecular formula is C21H33NO. The van der Waals surface area contributed by atoms with Crippen LogP contribution in [0.5, 0.6) is 0 Å². The number of carbonyl (C=O) groups excluding carboxylic acids is 1. The normalized spacial score (nSPS) is 21.9. The molecule has 0 bridgehead atoms. The van der Waals surface area contributed by atoms with Gasteiger partial charge in [0.1, 0.15) is 0 Å². The summed E-state index contributed by atoms with van der Waals surface area (Å²) in [6.45, 7) is 11.9. The molecule has 1 aliphatic carbocycles. The van der Waals surface area contributed by atoms with Crippen molar-refractivity contribution in [1.29, 1.82) is 0 Å². The summed E-state index contributed by atoms with van der Waals surface area (Å²) in [5, 5.41) is 0. The van der Waals surface area contributed by atoms with Gasteiger partial charge in [0.05, 0.1) is 0 Å². The molecule has 1 fully saturated rings. The Kier molecular flexibility index (Phi) is 5.89. The maximum Gasteiger partial charge on any atom is 0.226 e. The first-order valence-electron chi connectivity index (χ1n) is 9.18. The highest BCUT2D eigenvalue weighted by molar-refractivity contribution is 5.80. The van der Waals surface area contributed by atoms with Crippen molar-refractivity contribution in [2.75, 3.05) is 6.54 Å². The monoisotopic (exact) mass is 315 g/mol. The minimum absolute atomic E-state index is 0.137. The Labute approximate surface area is 142 Å². The summed E-state index contributed by atoms with van der Waals surface area (Å²) in [5.41, 5.74) is 1.45. The van der Waals surface area contributed by atoms with E-state index in [1.807, 2.05) is 6.07 Å². The van der Waals surface area contributed by atoms with Crippen molar-refractivity contribution in [3.05, 3.63) is 35.9 Å². The van der Waals surface area contributed by atoms with Gasteiger partial charge < -0.3 is 4.90 Å². The summed E-state index contributed by atoms with van der Waals surface area (Å²) in [5.74, 6) is 0.920. The first kappa shape index (κ1) is 18.0. The van der Waals surface area contributed by atoms with Gasteiger partial charge in [0.25, 0.3) is 0 Å². The van der Waals surface area contributed by atoms with Gasteiger partial charge in [0.15, 0.2) is 0 Å². The molecule has 1 aromatic rings. The molecule has 2 heteroatoms. The van der Waals surface area contributed by atoms with Crippen LogP contribution in [0.2, 0.25) is 0 Å². The van der Waals surface area contributed by atoms with Crippen molar-refractivity contribution in [3.63, 3.8) is 0 Å². The fourth-order valence-electron chi connectivity index (χ4n) is 3.89. The Bertz CT molecular complexity index is 506. The van der Waals surface area contributed by atoms with Gasteiger partial charge in [-0.15, -0.1) is 0 Å². The van der Waals surface area contributed by atoms with Crippen LogP contribution in [0.1, 0.15) is 71.8 Å². The third kappa shape index (κ3) is 4.37. The predicted molar refractivity (Wildman–Crippen MR) is 97.4 cm³/mol. The number of benzene rings is 1. The van der Waals surface area contributed by atoms with Crippen molar-refractivity contribution < 1.29 is 4.79 Å². The summed E-state index contributed by atoms with van der Waals surface area (Å²) >= 11 is 0. The van der Waals surface area contributed by atoms with E-state index in [2.05, 4.69) is 63.8 Å². The Hall–Kier alpha value is -1.31. The first-order valence-corrected chi connectivity index (χ1v) is 9.18. The van der Waals surface area contributed by atoms with Crippen LogP contribution < -0.4 is 0 Å². The molecule has 0 aromatic heterocycles. The van der Waals surface area contributed by atoms with Crippen LogP contribution in [-0.4, -0.2) is 23.4 Å². The van der Waals surface area contributed by atoms with Crippen molar-refractivity contribution in [3.8, 4) is 0 Å². The summed E-state index contributed by atoms with van der Waals surface area (Å²) in [4.78, 5) is 15.4. The van der Waals surface area contributed by atoms with Crippen LogP contribution in [0.25, 0.3) is 0 Å². The zero-order valence-electron chi connectivity index (χ0n) is 15.5. The van der Waals surface area contributed by atoms with Gasteiger partial charge in [-0.25, -0.2) is 0 Å². The molecule has 2 rings (SSSR count). The molecule has 2 nitrogen and oxygen atoms in total. The molecule has 0 aliphatic heterocycles. The molecule has 1 saturated carbocycles. The summed E-state index contributed by atoms with van der Waals surface area (Å²) in [7, 11) is 0. The van der Waals surface area contributed by atoms with Crippen LogP contribution >= 0.6 is 0 Å². The third-order valence-corrected chi connectivity index (χ3v) is 5.55. The zero-order valence-corrected chi connectivity index (χ0v) is 15.5. The Morgan fingerprint density at radius 2 is 1.83 bits per heavy atom. The fourth-order valence-corrected chi connectivity index (χ4v) is 3.89. The molecule has 2 atom stereocenters. The summed E-state index contributed by atoms with van der Waals surface area (Å²) in [6, 6.07) is 10.8. The van der Waals surface area contributed by atoms with Crippen LogP contribution in [0.4, 0.5) is 0 Å². The number of carbonyl (C=O) groups is 1. The van der Waals surface area contributed by atoms with Gasteiger partial charge in [-0.05, 0) is 43.6 Å². The molecule has 0 saturated heterocycles. The lowest BCUT2D eigenvalue weighted by Gasteiger charge is -2.42. The van der Waals surface area contributed by atoms with E-state index < -0.39 is 0 Å². The van der Waals surface area contributed by atoms with Crippen LogP contribution in [0, 0.1) is 11.3 Å². The zero-order chi connectivity index (χ0) is 17.0. The van der Waals surface area contributed by atoms with E-state index in [-0.39, 0.29) is 17.4 Å². The van der Waals surface area contributed by atoms with Crippen molar-refractivity contribution in [2.24, 2.45) is 11.3 Å². The lowest BCUT2D eigenvalue weighted by Crippen LogP contribution is -2.47. The molecule has 1 aromatic carbocycles. The van der Waals surface area contributed by atoms with Crippen molar-refractivity contribution in [2.45, 2.75) is 72.3 Å².